The van der Waals surface area contributed by atoms with Crippen LogP contribution in [0.15, 0.2) is 18.2 Å². The first kappa shape index (κ1) is 12.8. The van der Waals surface area contributed by atoms with Crippen molar-refractivity contribution in [2.45, 2.75) is 32.2 Å². The predicted octanol–water partition coefficient (Wildman–Crippen LogP) is 1.91. The molecule has 1 fully saturated rings. The summed E-state index contributed by atoms with van der Waals surface area (Å²) in [5, 5.41) is 8.91. The Hall–Kier alpha value is -1.60. The van der Waals surface area contributed by atoms with Gasteiger partial charge in [-0.25, -0.2) is 4.98 Å². The molecule has 1 aromatic heterocycles. The van der Waals surface area contributed by atoms with Gasteiger partial charge in [-0.15, -0.1) is 0 Å². The second-order valence-corrected chi connectivity index (χ2v) is 4.87. The predicted molar refractivity (Wildman–Crippen MR) is 72.2 cm³/mol. The molecule has 2 unspecified atom stereocenters. The van der Waals surface area contributed by atoms with Crippen LogP contribution in [0.5, 0.6) is 0 Å². The van der Waals surface area contributed by atoms with E-state index in [1.807, 2.05) is 12.1 Å². The summed E-state index contributed by atoms with van der Waals surface area (Å²) in [6, 6.07) is 8.04. The second kappa shape index (κ2) is 5.83. The van der Waals surface area contributed by atoms with E-state index < -0.39 is 0 Å². The summed E-state index contributed by atoms with van der Waals surface area (Å²) in [4.78, 5) is 6.63. The molecule has 18 heavy (non-hydrogen) atoms. The van der Waals surface area contributed by atoms with E-state index in [-0.39, 0.29) is 0 Å². The van der Waals surface area contributed by atoms with Crippen LogP contribution in [0.25, 0.3) is 0 Å². The first-order valence-corrected chi connectivity index (χ1v) is 6.62. The molecule has 1 saturated heterocycles. The Morgan fingerprint density at radius 3 is 3.06 bits per heavy atom. The van der Waals surface area contributed by atoms with Crippen LogP contribution in [-0.2, 0) is 0 Å². The van der Waals surface area contributed by atoms with Gasteiger partial charge in [0.2, 0.25) is 0 Å². The average molecular weight is 244 g/mol. The summed E-state index contributed by atoms with van der Waals surface area (Å²) in [6.07, 6.45) is 3.53. The van der Waals surface area contributed by atoms with Crippen molar-refractivity contribution in [3.8, 4) is 6.07 Å². The molecule has 0 aromatic carbocycles. The van der Waals surface area contributed by atoms with Crippen molar-refractivity contribution >= 4 is 5.82 Å². The maximum atomic E-state index is 8.91. The van der Waals surface area contributed by atoms with Crippen molar-refractivity contribution in [2.75, 3.05) is 18.0 Å². The summed E-state index contributed by atoms with van der Waals surface area (Å²) in [6.45, 7) is 3.87. The zero-order valence-electron chi connectivity index (χ0n) is 10.8. The molecule has 1 aliphatic heterocycles. The van der Waals surface area contributed by atoms with E-state index in [2.05, 4.69) is 22.9 Å². The van der Waals surface area contributed by atoms with E-state index in [4.69, 9.17) is 11.0 Å². The van der Waals surface area contributed by atoms with Crippen LogP contribution < -0.4 is 10.6 Å². The number of nitrogens with two attached hydrogens (primary N) is 1. The lowest BCUT2D eigenvalue weighted by molar-refractivity contribution is 0.334. The lowest BCUT2D eigenvalue weighted by atomic mass is 9.89. The number of pyridine rings is 1. The molecule has 1 aromatic rings. The van der Waals surface area contributed by atoms with E-state index in [9.17, 15) is 0 Å². The molecule has 2 N–H and O–H groups in total. The van der Waals surface area contributed by atoms with E-state index in [0.29, 0.717) is 18.3 Å². The van der Waals surface area contributed by atoms with Gasteiger partial charge in [-0.1, -0.05) is 19.4 Å². The largest absolute Gasteiger partial charge is 0.352 e. The molecule has 4 heteroatoms. The summed E-state index contributed by atoms with van der Waals surface area (Å²) < 4.78 is 0. The third kappa shape index (κ3) is 2.62. The van der Waals surface area contributed by atoms with Crippen molar-refractivity contribution in [1.82, 2.24) is 4.98 Å². The van der Waals surface area contributed by atoms with Crippen LogP contribution in [0.3, 0.4) is 0 Å². The Bertz CT molecular complexity index is 438. The highest BCUT2D eigenvalue weighted by Crippen LogP contribution is 2.28. The quantitative estimate of drug-likeness (QED) is 0.882. The first-order chi connectivity index (χ1) is 8.78. The van der Waals surface area contributed by atoms with Gasteiger partial charge in [0.05, 0.1) is 0 Å². The Morgan fingerprint density at radius 1 is 1.56 bits per heavy atom. The van der Waals surface area contributed by atoms with Crippen molar-refractivity contribution in [3.05, 3.63) is 23.9 Å². The van der Waals surface area contributed by atoms with Gasteiger partial charge in [-0.05, 0) is 30.9 Å². The van der Waals surface area contributed by atoms with Gasteiger partial charge in [0.25, 0.3) is 0 Å². The molecule has 0 aliphatic carbocycles. The molecule has 0 amide bonds. The highest BCUT2D eigenvalue weighted by Gasteiger charge is 2.27. The first-order valence-electron chi connectivity index (χ1n) is 6.62. The minimum atomic E-state index is 0.352. The number of nitriles is 1. The molecule has 0 radical (unpaired) electrons. The van der Waals surface area contributed by atoms with Gasteiger partial charge >= 0.3 is 0 Å². The van der Waals surface area contributed by atoms with Gasteiger partial charge in [-0.3, -0.25) is 0 Å². The van der Waals surface area contributed by atoms with Crippen LogP contribution in [0.1, 0.15) is 31.9 Å². The lowest BCUT2D eigenvalue weighted by Crippen LogP contribution is -2.47. The number of hydrogen-bond acceptors (Lipinski definition) is 4. The van der Waals surface area contributed by atoms with Crippen LogP contribution in [-0.4, -0.2) is 24.1 Å². The fraction of sp³-hybridized carbons (Fsp3) is 0.571. The third-order valence-corrected chi connectivity index (χ3v) is 3.82. The second-order valence-electron chi connectivity index (χ2n) is 4.87. The Kier molecular flexibility index (Phi) is 4.16. The zero-order valence-corrected chi connectivity index (χ0v) is 10.8. The molecule has 96 valence electrons. The summed E-state index contributed by atoms with van der Waals surface area (Å²) >= 11 is 0. The van der Waals surface area contributed by atoms with Crippen molar-refractivity contribution in [1.29, 1.82) is 5.26 Å². The fourth-order valence-corrected chi connectivity index (χ4v) is 2.68. The normalized spacial score (nSPS) is 23.7. The molecular formula is C14H20N4. The average Bonchev–Trinajstić information content (AvgIpc) is 2.46. The molecule has 0 saturated carbocycles. The fourth-order valence-electron chi connectivity index (χ4n) is 2.68. The molecule has 4 nitrogen and oxygen atoms in total. The minimum Gasteiger partial charge on any atom is -0.352 e. The number of hydrogen-bond donors (Lipinski definition) is 1. The minimum absolute atomic E-state index is 0.352. The SMILES string of the molecule is CCC1CCN(c2cccc(C#N)n2)C(CN)C1. The highest BCUT2D eigenvalue weighted by molar-refractivity contribution is 5.43. The molecule has 0 bridgehead atoms. The summed E-state index contributed by atoms with van der Waals surface area (Å²) in [5.41, 5.74) is 6.36. The van der Waals surface area contributed by atoms with Gasteiger partial charge in [0.1, 0.15) is 17.6 Å². The molecule has 0 spiro atoms. The van der Waals surface area contributed by atoms with Crippen molar-refractivity contribution in [3.63, 3.8) is 0 Å². The van der Waals surface area contributed by atoms with Crippen LogP contribution >= 0.6 is 0 Å². The van der Waals surface area contributed by atoms with Gasteiger partial charge in [0.15, 0.2) is 0 Å². The Morgan fingerprint density at radius 2 is 2.39 bits per heavy atom. The topological polar surface area (TPSA) is 65.9 Å². The van der Waals surface area contributed by atoms with Gasteiger partial charge < -0.3 is 10.6 Å². The monoisotopic (exact) mass is 244 g/mol. The van der Waals surface area contributed by atoms with E-state index in [1.54, 1.807) is 6.07 Å². The summed E-state index contributed by atoms with van der Waals surface area (Å²) in [5.74, 6) is 1.66. The molecule has 1 aliphatic rings. The van der Waals surface area contributed by atoms with E-state index in [0.717, 1.165) is 24.7 Å². The maximum absolute atomic E-state index is 8.91. The number of rotatable bonds is 3. The van der Waals surface area contributed by atoms with Crippen LogP contribution in [0.2, 0.25) is 0 Å². The maximum Gasteiger partial charge on any atom is 0.142 e. The van der Waals surface area contributed by atoms with Gasteiger partial charge in [0, 0.05) is 19.1 Å². The number of nitrogens with zero attached hydrogens (tertiary/aromatic N) is 3. The van der Waals surface area contributed by atoms with Crippen LogP contribution in [0, 0.1) is 17.2 Å². The molecular weight excluding hydrogens is 224 g/mol. The number of anilines is 1. The standard InChI is InChI=1S/C14H20N4/c1-2-11-6-7-18(13(8-11)10-16)14-5-3-4-12(9-15)17-14/h3-5,11,13H,2,6-8,10,16H2,1H3. The van der Waals surface area contributed by atoms with Crippen LogP contribution in [0.4, 0.5) is 5.82 Å². The van der Waals surface area contributed by atoms with Crippen molar-refractivity contribution < 1.29 is 0 Å². The Labute approximate surface area is 108 Å². The molecule has 2 heterocycles. The van der Waals surface area contributed by atoms with Gasteiger partial charge in [-0.2, -0.15) is 5.26 Å². The highest BCUT2D eigenvalue weighted by atomic mass is 15.2. The zero-order chi connectivity index (χ0) is 13.0. The van der Waals surface area contributed by atoms with Crippen molar-refractivity contribution in [2.24, 2.45) is 11.7 Å². The third-order valence-electron chi connectivity index (χ3n) is 3.82. The van der Waals surface area contributed by atoms with E-state index >= 15 is 0 Å². The number of aromatic nitrogens is 1. The summed E-state index contributed by atoms with van der Waals surface area (Å²) in [7, 11) is 0. The Balaban J connectivity index is 2.18. The molecule has 2 rings (SSSR count). The smallest absolute Gasteiger partial charge is 0.142 e. The number of piperidine rings is 1. The lowest BCUT2D eigenvalue weighted by Gasteiger charge is -2.39. The molecule has 2 atom stereocenters. The van der Waals surface area contributed by atoms with E-state index in [1.165, 1.54) is 12.8 Å².